The number of nitrogens with one attached hydrogen (secondary N) is 1. The lowest BCUT2D eigenvalue weighted by molar-refractivity contribution is 0.155. The second-order valence-electron chi connectivity index (χ2n) is 3.42. The van der Waals surface area contributed by atoms with E-state index in [1.807, 2.05) is 0 Å². The molecule has 0 saturated carbocycles. The van der Waals surface area contributed by atoms with E-state index in [0.29, 0.717) is 12.5 Å². The monoisotopic (exact) mass is 170 g/mol. The second kappa shape index (κ2) is 3.31. The summed E-state index contributed by atoms with van der Waals surface area (Å²) in [6, 6.07) is 0. The van der Waals surface area contributed by atoms with Crippen LogP contribution in [0.25, 0.3) is 0 Å². The molecule has 2 aliphatic heterocycles. The molecule has 1 unspecified atom stereocenters. The fourth-order valence-electron chi connectivity index (χ4n) is 1.77. The van der Waals surface area contributed by atoms with E-state index in [2.05, 4.69) is 5.32 Å². The maximum absolute atomic E-state index is 11.0. The average molecular weight is 170 g/mol. The second-order valence-corrected chi connectivity index (χ2v) is 3.42. The number of carbonyl (C=O) groups excluding carboxylic acids is 1. The third-order valence-corrected chi connectivity index (χ3v) is 2.49. The Kier molecular flexibility index (Phi) is 2.17. The van der Waals surface area contributed by atoms with Gasteiger partial charge in [-0.3, -0.25) is 0 Å². The van der Waals surface area contributed by atoms with Gasteiger partial charge >= 0.3 is 6.09 Å². The first-order valence-electron chi connectivity index (χ1n) is 4.48. The quantitative estimate of drug-likeness (QED) is 0.636. The summed E-state index contributed by atoms with van der Waals surface area (Å²) in [6.07, 6.45) is 1.05. The molecule has 1 amide bonds. The van der Waals surface area contributed by atoms with Crippen molar-refractivity contribution in [2.45, 2.75) is 6.42 Å². The summed E-state index contributed by atoms with van der Waals surface area (Å²) in [6.45, 7) is 4.34. The number of ether oxygens (including phenoxy) is 1. The average Bonchev–Trinajstić information content (AvgIpc) is 2.65. The number of hydrogen-bond acceptors (Lipinski definition) is 3. The van der Waals surface area contributed by atoms with Gasteiger partial charge in [0.05, 0.1) is 6.54 Å². The highest BCUT2D eigenvalue weighted by molar-refractivity contribution is 5.69. The molecule has 1 N–H and O–H groups in total. The van der Waals surface area contributed by atoms with Crippen molar-refractivity contribution in [1.29, 1.82) is 0 Å². The van der Waals surface area contributed by atoms with Crippen LogP contribution in [0.3, 0.4) is 0 Å². The Morgan fingerprint density at radius 3 is 3.17 bits per heavy atom. The number of amides is 1. The van der Waals surface area contributed by atoms with Gasteiger partial charge in [0, 0.05) is 6.54 Å². The lowest BCUT2D eigenvalue weighted by atomic mass is 10.1. The van der Waals surface area contributed by atoms with E-state index in [9.17, 15) is 4.79 Å². The van der Waals surface area contributed by atoms with Gasteiger partial charge in [-0.05, 0) is 25.4 Å². The van der Waals surface area contributed by atoms with Crippen LogP contribution < -0.4 is 5.32 Å². The van der Waals surface area contributed by atoms with Crippen molar-refractivity contribution in [3.8, 4) is 0 Å². The molecule has 0 aromatic rings. The predicted octanol–water partition coefficient (Wildman–Crippen LogP) is 0.0481. The van der Waals surface area contributed by atoms with Gasteiger partial charge < -0.3 is 15.0 Å². The molecule has 1 atom stereocenters. The Morgan fingerprint density at radius 1 is 1.67 bits per heavy atom. The zero-order valence-corrected chi connectivity index (χ0v) is 7.08. The van der Waals surface area contributed by atoms with Gasteiger partial charge in [-0.25, -0.2) is 4.79 Å². The van der Waals surface area contributed by atoms with Crippen molar-refractivity contribution in [1.82, 2.24) is 10.2 Å². The maximum Gasteiger partial charge on any atom is 0.409 e. The van der Waals surface area contributed by atoms with Gasteiger partial charge in [0.1, 0.15) is 6.61 Å². The minimum absolute atomic E-state index is 0.137. The molecule has 2 rings (SSSR count). The number of hydrogen-bond donors (Lipinski definition) is 1. The van der Waals surface area contributed by atoms with Crippen molar-refractivity contribution in [2.75, 3.05) is 32.8 Å². The van der Waals surface area contributed by atoms with E-state index in [-0.39, 0.29) is 6.09 Å². The van der Waals surface area contributed by atoms with Crippen molar-refractivity contribution >= 4 is 6.09 Å². The topological polar surface area (TPSA) is 41.6 Å². The van der Waals surface area contributed by atoms with Crippen LogP contribution >= 0.6 is 0 Å². The number of rotatable bonds is 2. The molecule has 2 heterocycles. The summed E-state index contributed by atoms with van der Waals surface area (Å²) in [4.78, 5) is 12.8. The smallest absolute Gasteiger partial charge is 0.409 e. The molecule has 0 spiro atoms. The van der Waals surface area contributed by atoms with Gasteiger partial charge in [0.2, 0.25) is 0 Å². The normalized spacial score (nSPS) is 29.5. The fraction of sp³-hybridized carbons (Fsp3) is 0.875. The van der Waals surface area contributed by atoms with Gasteiger partial charge in [-0.15, -0.1) is 0 Å². The van der Waals surface area contributed by atoms with Gasteiger partial charge in [0.25, 0.3) is 0 Å². The molecule has 0 aliphatic carbocycles. The molecule has 2 saturated heterocycles. The standard InChI is InChI=1S/C8H14N2O2/c11-8-10(3-4-12-8)6-7-1-2-9-5-7/h7,9H,1-6H2. The van der Waals surface area contributed by atoms with Crippen LogP contribution in [0.2, 0.25) is 0 Å². The highest BCUT2D eigenvalue weighted by Gasteiger charge is 2.26. The van der Waals surface area contributed by atoms with Gasteiger partial charge in [0.15, 0.2) is 0 Å². The Bertz CT molecular complexity index is 178. The molecule has 0 aromatic carbocycles. The van der Waals surface area contributed by atoms with Crippen molar-refractivity contribution < 1.29 is 9.53 Å². The van der Waals surface area contributed by atoms with E-state index in [0.717, 1.165) is 26.2 Å². The molecule has 0 bridgehead atoms. The molecule has 0 aromatic heterocycles. The molecule has 2 fully saturated rings. The lowest BCUT2D eigenvalue weighted by Crippen LogP contribution is -2.31. The molecule has 12 heavy (non-hydrogen) atoms. The number of carbonyl (C=O) groups is 1. The Morgan fingerprint density at radius 2 is 2.58 bits per heavy atom. The number of cyclic esters (lactones) is 1. The van der Waals surface area contributed by atoms with Crippen LogP contribution in [0.15, 0.2) is 0 Å². The van der Waals surface area contributed by atoms with Crippen molar-refractivity contribution in [2.24, 2.45) is 5.92 Å². The molecular formula is C8H14N2O2. The van der Waals surface area contributed by atoms with Crippen LogP contribution in [0, 0.1) is 5.92 Å². The van der Waals surface area contributed by atoms with E-state index < -0.39 is 0 Å². The van der Waals surface area contributed by atoms with Crippen LogP contribution in [0.1, 0.15) is 6.42 Å². The van der Waals surface area contributed by atoms with E-state index in [1.54, 1.807) is 4.90 Å². The van der Waals surface area contributed by atoms with Gasteiger partial charge in [-0.2, -0.15) is 0 Å². The van der Waals surface area contributed by atoms with Crippen LogP contribution in [0.4, 0.5) is 4.79 Å². The third kappa shape index (κ3) is 1.53. The van der Waals surface area contributed by atoms with E-state index in [4.69, 9.17) is 4.74 Å². The first kappa shape index (κ1) is 7.86. The summed E-state index contributed by atoms with van der Waals surface area (Å²) in [5, 5.41) is 3.28. The maximum atomic E-state index is 11.0. The van der Waals surface area contributed by atoms with E-state index >= 15 is 0 Å². The molecule has 4 nitrogen and oxygen atoms in total. The van der Waals surface area contributed by atoms with Crippen LogP contribution in [-0.2, 0) is 4.74 Å². The minimum atomic E-state index is -0.137. The molecule has 0 radical (unpaired) electrons. The van der Waals surface area contributed by atoms with E-state index in [1.165, 1.54) is 6.42 Å². The summed E-state index contributed by atoms with van der Waals surface area (Å²) in [5.74, 6) is 0.635. The Balaban J connectivity index is 1.81. The number of nitrogens with zero attached hydrogens (tertiary/aromatic N) is 1. The summed E-state index contributed by atoms with van der Waals surface area (Å²) in [5.41, 5.74) is 0. The van der Waals surface area contributed by atoms with Crippen molar-refractivity contribution in [3.63, 3.8) is 0 Å². The van der Waals surface area contributed by atoms with Crippen molar-refractivity contribution in [3.05, 3.63) is 0 Å². The molecule has 4 heteroatoms. The van der Waals surface area contributed by atoms with Crippen LogP contribution in [0.5, 0.6) is 0 Å². The third-order valence-electron chi connectivity index (χ3n) is 2.49. The molecule has 2 aliphatic rings. The largest absolute Gasteiger partial charge is 0.448 e. The van der Waals surface area contributed by atoms with Crippen LogP contribution in [-0.4, -0.2) is 43.8 Å². The highest BCUT2D eigenvalue weighted by Crippen LogP contribution is 2.12. The highest BCUT2D eigenvalue weighted by atomic mass is 16.6. The first-order valence-corrected chi connectivity index (χ1v) is 4.48. The SMILES string of the molecule is O=C1OCCN1CC1CCNC1. The fourth-order valence-corrected chi connectivity index (χ4v) is 1.77. The summed E-state index contributed by atoms with van der Waals surface area (Å²) in [7, 11) is 0. The predicted molar refractivity (Wildman–Crippen MR) is 43.9 cm³/mol. The minimum Gasteiger partial charge on any atom is -0.448 e. The lowest BCUT2D eigenvalue weighted by Gasteiger charge is -2.16. The van der Waals surface area contributed by atoms with Gasteiger partial charge in [-0.1, -0.05) is 0 Å². The Labute approximate surface area is 71.9 Å². The zero-order valence-electron chi connectivity index (χ0n) is 7.08. The Hall–Kier alpha value is -0.770. The molecule has 68 valence electrons. The first-order chi connectivity index (χ1) is 5.86. The molecular weight excluding hydrogens is 156 g/mol. The zero-order chi connectivity index (χ0) is 8.39. The summed E-state index contributed by atoms with van der Waals surface area (Å²) >= 11 is 0. The summed E-state index contributed by atoms with van der Waals surface area (Å²) < 4.78 is 4.84.